The molecule has 2 aliphatic rings. The van der Waals surface area contributed by atoms with Crippen molar-refractivity contribution in [1.82, 2.24) is 9.80 Å². The van der Waals surface area contributed by atoms with Gasteiger partial charge in [0, 0.05) is 30.1 Å². The van der Waals surface area contributed by atoms with Crippen molar-refractivity contribution in [1.29, 1.82) is 0 Å². The highest BCUT2D eigenvalue weighted by Gasteiger charge is 2.35. The number of thiophene rings is 1. The van der Waals surface area contributed by atoms with Gasteiger partial charge in [-0.1, -0.05) is 6.07 Å². The lowest BCUT2D eigenvalue weighted by atomic mass is 10.0. The van der Waals surface area contributed by atoms with Gasteiger partial charge in [-0.2, -0.15) is 0 Å². The monoisotopic (exact) mass is 333 g/mol. The first-order valence-corrected chi connectivity index (χ1v) is 9.08. The van der Waals surface area contributed by atoms with E-state index in [1.54, 1.807) is 17.4 Å². The fourth-order valence-electron chi connectivity index (χ4n) is 3.59. The molecule has 5 nitrogen and oxygen atoms in total. The fraction of sp³-hybridized carbons (Fsp3) is 0.529. The minimum Gasteiger partial charge on any atom is -0.368 e. The maximum absolute atomic E-state index is 12.2. The van der Waals surface area contributed by atoms with Crippen molar-refractivity contribution < 1.29 is 9.59 Å². The third kappa shape index (κ3) is 3.82. The number of nitrogens with zero attached hydrogens (tertiary/aromatic N) is 2. The number of primary amides is 1. The van der Waals surface area contributed by atoms with E-state index >= 15 is 0 Å². The van der Waals surface area contributed by atoms with E-state index in [2.05, 4.69) is 4.90 Å². The molecule has 3 heterocycles. The summed E-state index contributed by atoms with van der Waals surface area (Å²) in [5, 5.41) is 2.00. The molecule has 2 amide bonds. The molecule has 0 aromatic carbocycles. The van der Waals surface area contributed by atoms with E-state index in [1.165, 1.54) is 0 Å². The Morgan fingerprint density at radius 2 is 2.00 bits per heavy atom. The van der Waals surface area contributed by atoms with Crippen molar-refractivity contribution in [3.8, 4) is 0 Å². The number of amides is 2. The Morgan fingerprint density at radius 1 is 1.22 bits per heavy atom. The van der Waals surface area contributed by atoms with Gasteiger partial charge in [-0.15, -0.1) is 11.3 Å². The number of carbonyl (C=O) groups excluding carboxylic acids is 2. The van der Waals surface area contributed by atoms with Gasteiger partial charge in [-0.05, 0) is 49.8 Å². The number of rotatable bonds is 4. The van der Waals surface area contributed by atoms with Crippen LogP contribution >= 0.6 is 11.3 Å². The second kappa shape index (κ2) is 7.27. The predicted octanol–water partition coefficient (Wildman–Crippen LogP) is 1.70. The highest BCUT2D eigenvalue weighted by molar-refractivity contribution is 7.10. The van der Waals surface area contributed by atoms with Crippen LogP contribution in [0.15, 0.2) is 23.6 Å². The molecular weight excluding hydrogens is 310 g/mol. The summed E-state index contributed by atoms with van der Waals surface area (Å²) in [6.45, 7) is 2.45. The van der Waals surface area contributed by atoms with Gasteiger partial charge in [0.1, 0.15) is 0 Å². The van der Waals surface area contributed by atoms with Crippen LogP contribution < -0.4 is 5.73 Å². The first-order chi connectivity index (χ1) is 11.1. The molecule has 3 rings (SSSR count). The first-order valence-electron chi connectivity index (χ1n) is 8.20. The minimum atomic E-state index is -0.208. The molecule has 2 saturated heterocycles. The average molecular weight is 333 g/mol. The van der Waals surface area contributed by atoms with Crippen molar-refractivity contribution in [3.63, 3.8) is 0 Å². The molecule has 0 saturated carbocycles. The highest BCUT2D eigenvalue weighted by atomic mass is 32.1. The Kier molecular flexibility index (Phi) is 5.13. The Bertz CT molecular complexity index is 577. The molecule has 0 bridgehead atoms. The second-order valence-corrected chi connectivity index (χ2v) is 7.18. The van der Waals surface area contributed by atoms with Gasteiger partial charge in [0.2, 0.25) is 11.8 Å². The zero-order valence-corrected chi connectivity index (χ0v) is 14.0. The summed E-state index contributed by atoms with van der Waals surface area (Å²) in [6, 6.07) is 4.24. The number of piperidine rings is 1. The van der Waals surface area contributed by atoms with Crippen LogP contribution in [0.1, 0.15) is 30.6 Å². The lowest BCUT2D eigenvalue weighted by Crippen LogP contribution is -2.51. The molecular formula is C17H23N3O2S. The topological polar surface area (TPSA) is 66.6 Å². The molecule has 2 aliphatic heterocycles. The normalized spacial score (nSPS) is 23.7. The zero-order chi connectivity index (χ0) is 16.2. The van der Waals surface area contributed by atoms with Crippen LogP contribution in [-0.4, -0.2) is 53.3 Å². The summed E-state index contributed by atoms with van der Waals surface area (Å²) in [5.41, 5.74) is 5.50. The second-order valence-electron chi connectivity index (χ2n) is 6.20. The van der Waals surface area contributed by atoms with Gasteiger partial charge in [0.05, 0.1) is 6.04 Å². The molecule has 0 aliphatic carbocycles. The van der Waals surface area contributed by atoms with Crippen molar-refractivity contribution in [2.45, 2.75) is 37.8 Å². The molecule has 2 fully saturated rings. The molecule has 124 valence electrons. The number of hydrogen-bond acceptors (Lipinski definition) is 4. The van der Waals surface area contributed by atoms with Gasteiger partial charge in [0.15, 0.2) is 0 Å². The van der Waals surface area contributed by atoms with E-state index in [-0.39, 0.29) is 17.9 Å². The number of hydrogen-bond donors (Lipinski definition) is 1. The molecule has 1 aromatic heterocycles. The summed E-state index contributed by atoms with van der Waals surface area (Å²) < 4.78 is 0. The van der Waals surface area contributed by atoms with Crippen LogP contribution in [0.25, 0.3) is 6.08 Å². The summed E-state index contributed by atoms with van der Waals surface area (Å²) in [4.78, 5) is 29.0. The average Bonchev–Trinajstić information content (AvgIpc) is 3.24. The van der Waals surface area contributed by atoms with Crippen molar-refractivity contribution in [2.75, 3.05) is 19.6 Å². The Morgan fingerprint density at radius 3 is 2.65 bits per heavy atom. The van der Waals surface area contributed by atoms with Gasteiger partial charge in [-0.25, -0.2) is 0 Å². The number of likely N-dealkylation sites (tertiary alicyclic amines) is 2. The molecule has 2 N–H and O–H groups in total. The zero-order valence-electron chi connectivity index (χ0n) is 13.2. The van der Waals surface area contributed by atoms with Gasteiger partial charge >= 0.3 is 0 Å². The van der Waals surface area contributed by atoms with Crippen LogP contribution in [-0.2, 0) is 9.59 Å². The Labute approximate surface area is 140 Å². The van der Waals surface area contributed by atoms with E-state index < -0.39 is 0 Å². The van der Waals surface area contributed by atoms with E-state index in [0.29, 0.717) is 6.04 Å². The van der Waals surface area contributed by atoms with Crippen molar-refractivity contribution in [3.05, 3.63) is 28.5 Å². The molecule has 1 aromatic rings. The molecule has 0 spiro atoms. The standard InChI is InChI=1S/C17H23N3O2S/c18-17(22)15-4-1-9-20(15)13-7-10-19(11-8-13)16(21)6-5-14-3-2-12-23-14/h2-3,5-6,12-13,15H,1,4,7-11H2,(H2,18,22)/b6-5-/t15-/m1/s1. The third-order valence-corrected chi connectivity index (χ3v) is 5.64. The van der Waals surface area contributed by atoms with Crippen LogP contribution in [0.2, 0.25) is 0 Å². The maximum Gasteiger partial charge on any atom is 0.246 e. The van der Waals surface area contributed by atoms with Gasteiger partial charge in [0.25, 0.3) is 0 Å². The largest absolute Gasteiger partial charge is 0.368 e. The van der Waals surface area contributed by atoms with Gasteiger partial charge < -0.3 is 10.6 Å². The smallest absolute Gasteiger partial charge is 0.246 e. The Balaban J connectivity index is 1.52. The van der Waals surface area contributed by atoms with E-state index in [4.69, 9.17) is 5.73 Å². The highest BCUT2D eigenvalue weighted by Crippen LogP contribution is 2.26. The summed E-state index contributed by atoms with van der Waals surface area (Å²) in [6.07, 6.45) is 7.29. The maximum atomic E-state index is 12.2. The van der Waals surface area contributed by atoms with Crippen molar-refractivity contribution >= 4 is 29.2 Å². The lowest BCUT2D eigenvalue weighted by molar-refractivity contribution is -0.129. The Hall–Kier alpha value is -1.66. The minimum absolute atomic E-state index is 0.0738. The summed E-state index contributed by atoms with van der Waals surface area (Å²) in [5.74, 6) is -0.135. The molecule has 0 unspecified atom stereocenters. The van der Waals surface area contributed by atoms with Crippen LogP contribution in [0.4, 0.5) is 0 Å². The SMILES string of the molecule is NC(=O)[C@H]1CCCN1C1CCN(C(=O)/C=C\c2cccs2)CC1. The van der Waals surface area contributed by atoms with Crippen LogP contribution in [0.3, 0.4) is 0 Å². The van der Waals surface area contributed by atoms with E-state index in [9.17, 15) is 9.59 Å². The molecule has 0 radical (unpaired) electrons. The number of carbonyl (C=O) groups is 2. The molecule has 6 heteroatoms. The number of nitrogens with two attached hydrogens (primary N) is 1. The third-order valence-electron chi connectivity index (χ3n) is 4.80. The van der Waals surface area contributed by atoms with E-state index in [0.717, 1.165) is 50.2 Å². The summed E-state index contributed by atoms with van der Waals surface area (Å²) in [7, 11) is 0. The van der Waals surface area contributed by atoms with Crippen LogP contribution in [0, 0.1) is 0 Å². The lowest BCUT2D eigenvalue weighted by Gasteiger charge is -2.38. The van der Waals surface area contributed by atoms with Crippen molar-refractivity contribution in [2.24, 2.45) is 5.73 Å². The van der Waals surface area contributed by atoms with Crippen LogP contribution in [0.5, 0.6) is 0 Å². The van der Waals surface area contributed by atoms with Gasteiger partial charge in [-0.3, -0.25) is 14.5 Å². The quantitative estimate of drug-likeness (QED) is 0.853. The first kappa shape index (κ1) is 16.2. The molecule has 1 atom stereocenters. The fourth-order valence-corrected chi connectivity index (χ4v) is 4.21. The summed E-state index contributed by atoms with van der Waals surface area (Å²) >= 11 is 1.62. The predicted molar refractivity (Wildman–Crippen MR) is 91.9 cm³/mol. The van der Waals surface area contributed by atoms with E-state index in [1.807, 2.05) is 28.5 Å². The molecule has 23 heavy (non-hydrogen) atoms.